The fourth-order valence-electron chi connectivity index (χ4n) is 2.25. The fraction of sp³-hybridized carbons (Fsp3) is 0.417. The molecule has 1 aromatic carbocycles. The highest BCUT2D eigenvalue weighted by atomic mass is 35.5. The van der Waals surface area contributed by atoms with Crippen LogP contribution in [0.1, 0.15) is 12.0 Å². The highest BCUT2D eigenvalue weighted by molar-refractivity contribution is 6.18. The Morgan fingerprint density at radius 1 is 1.58 bits per heavy atom. The first-order valence-electron chi connectivity index (χ1n) is 5.75. The summed E-state index contributed by atoms with van der Waals surface area (Å²) in [5.74, 6) is -0.591. The number of amides is 1. The van der Waals surface area contributed by atoms with Crippen LogP contribution in [0.3, 0.4) is 0 Å². The van der Waals surface area contributed by atoms with Crippen molar-refractivity contribution in [1.29, 1.82) is 0 Å². The number of nitro benzene ring substituents is 1. The van der Waals surface area contributed by atoms with Gasteiger partial charge in [0.2, 0.25) is 5.91 Å². The maximum absolute atomic E-state index is 13.6. The number of anilines is 1. The van der Waals surface area contributed by atoms with Crippen LogP contribution in [0.25, 0.3) is 0 Å². The Kier molecular flexibility index (Phi) is 3.71. The number of nitrogens with zero attached hydrogens (tertiary/aromatic N) is 2. The number of halogens is 2. The van der Waals surface area contributed by atoms with E-state index in [2.05, 4.69) is 0 Å². The second kappa shape index (κ2) is 5.13. The Morgan fingerprint density at radius 2 is 2.26 bits per heavy atom. The van der Waals surface area contributed by atoms with Crippen LogP contribution >= 0.6 is 11.6 Å². The van der Waals surface area contributed by atoms with Gasteiger partial charge in [0.1, 0.15) is 11.5 Å². The van der Waals surface area contributed by atoms with Gasteiger partial charge in [0.05, 0.1) is 4.92 Å². The summed E-state index contributed by atoms with van der Waals surface area (Å²) in [6, 6.07) is 2.12. The molecule has 1 aliphatic heterocycles. The minimum absolute atomic E-state index is 0.0441. The third kappa shape index (κ3) is 2.40. The van der Waals surface area contributed by atoms with Crippen molar-refractivity contribution in [1.82, 2.24) is 0 Å². The van der Waals surface area contributed by atoms with Crippen molar-refractivity contribution < 1.29 is 14.1 Å². The van der Waals surface area contributed by atoms with E-state index in [1.165, 1.54) is 11.8 Å². The van der Waals surface area contributed by atoms with Gasteiger partial charge in [-0.1, -0.05) is 0 Å². The van der Waals surface area contributed by atoms with Crippen molar-refractivity contribution in [3.8, 4) is 0 Å². The molecule has 1 fully saturated rings. The summed E-state index contributed by atoms with van der Waals surface area (Å²) in [5, 5.41) is 11.0. The Morgan fingerprint density at radius 3 is 2.79 bits per heavy atom. The summed E-state index contributed by atoms with van der Waals surface area (Å²) < 4.78 is 13.6. The van der Waals surface area contributed by atoms with Gasteiger partial charge in [0.25, 0.3) is 5.69 Å². The lowest BCUT2D eigenvalue weighted by molar-refractivity contribution is -0.384. The Bertz CT molecular complexity index is 550. The predicted molar refractivity (Wildman–Crippen MR) is 69.0 cm³/mol. The predicted octanol–water partition coefficient (Wildman–Crippen LogP) is 2.63. The van der Waals surface area contributed by atoms with E-state index >= 15 is 0 Å². The lowest BCUT2D eigenvalue weighted by atomic mass is 10.1. The van der Waals surface area contributed by atoms with Gasteiger partial charge < -0.3 is 4.90 Å². The maximum Gasteiger partial charge on any atom is 0.293 e. The van der Waals surface area contributed by atoms with Crippen molar-refractivity contribution in [2.45, 2.75) is 13.3 Å². The third-order valence-corrected chi connectivity index (χ3v) is 3.67. The summed E-state index contributed by atoms with van der Waals surface area (Å²) in [6.07, 6.45) is 0.233. The van der Waals surface area contributed by atoms with Crippen molar-refractivity contribution >= 4 is 28.9 Å². The zero-order chi connectivity index (χ0) is 14.2. The molecule has 1 saturated heterocycles. The minimum Gasteiger partial charge on any atom is -0.306 e. The van der Waals surface area contributed by atoms with Gasteiger partial charge in [-0.05, 0) is 18.9 Å². The van der Waals surface area contributed by atoms with Gasteiger partial charge in [-0.15, -0.1) is 11.6 Å². The monoisotopic (exact) mass is 286 g/mol. The summed E-state index contributed by atoms with van der Waals surface area (Å²) in [6.45, 7) is 1.71. The van der Waals surface area contributed by atoms with Crippen LogP contribution in [0, 0.1) is 28.8 Å². The van der Waals surface area contributed by atoms with Gasteiger partial charge in [0, 0.05) is 30.5 Å². The summed E-state index contributed by atoms with van der Waals surface area (Å²) in [5.41, 5.74) is -0.108. The largest absolute Gasteiger partial charge is 0.306 e. The zero-order valence-corrected chi connectivity index (χ0v) is 11.0. The van der Waals surface area contributed by atoms with Crippen molar-refractivity contribution in [2.24, 2.45) is 5.92 Å². The van der Waals surface area contributed by atoms with Crippen molar-refractivity contribution in [2.75, 3.05) is 17.3 Å². The first-order chi connectivity index (χ1) is 8.95. The molecule has 102 valence electrons. The molecular formula is C12H12ClFN2O3. The number of rotatable bonds is 3. The molecule has 1 unspecified atom stereocenters. The summed E-state index contributed by atoms with van der Waals surface area (Å²) in [7, 11) is 0. The molecule has 5 nitrogen and oxygen atoms in total. The molecule has 0 aliphatic carbocycles. The van der Waals surface area contributed by atoms with Gasteiger partial charge >= 0.3 is 0 Å². The molecule has 1 atom stereocenters. The number of carbonyl (C=O) groups is 1. The molecule has 19 heavy (non-hydrogen) atoms. The lowest BCUT2D eigenvalue weighted by Crippen LogP contribution is -2.26. The van der Waals surface area contributed by atoms with Crippen LogP contribution < -0.4 is 4.90 Å². The molecule has 0 N–H and O–H groups in total. The van der Waals surface area contributed by atoms with Gasteiger partial charge in [-0.25, -0.2) is 4.39 Å². The molecule has 1 amide bonds. The summed E-state index contributed by atoms with van der Waals surface area (Å²) in [4.78, 5) is 23.6. The quantitative estimate of drug-likeness (QED) is 0.487. The fourth-order valence-corrected chi connectivity index (χ4v) is 2.46. The van der Waals surface area contributed by atoms with Crippen LogP contribution in [0.2, 0.25) is 0 Å². The van der Waals surface area contributed by atoms with Gasteiger partial charge in [0.15, 0.2) is 0 Å². The molecule has 7 heteroatoms. The van der Waals surface area contributed by atoms with E-state index in [-0.39, 0.29) is 41.7 Å². The Balaban J connectivity index is 2.52. The van der Waals surface area contributed by atoms with Crippen molar-refractivity contribution in [3.63, 3.8) is 0 Å². The van der Waals surface area contributed by atoms with Gasteiger partial charge in [-0.3, -0.25) is 14.9 Å². The van der Waals surface area contributed by atoms with E-state index in [1.54, 1.807) is 0 Å². The van der Waals surface area contributed by atoms with E-state index in [0.717, 1.165) is 12.1 Å². The normalized spacial score (nSPS) is 19.0. The third-order valence-electron chi connectivity index (χ3n) is 3.23. The first-order valence-corrected chi connectivity index (χ1v) is 6.29. The van der Waals surface area contributed by atoms with E-state index < -0.39 is 10.7 Å². The average Bonchev–Trinajstić information content (AvgIpc) is 2.73. The maximum atomic E-state index is 13.6. The van der Waals surface area contributed by atoms with E-state index in [1.807, 2.05) is 0 Å². The molecule has 1 aromatic rings. The van der Waals surface area contributed by atoms with Crippen LogP contribution in [-0.4, -0.2) is 23.3 Å². The Hall–Kier alpha value is -1.69. The van der Waals surface area contributed by atoms with Crippen LogP contribution in [0.15, 0.2) is 12.1 Å². The highest BCUT2D eigenvalue weighted by Crippen LogP contribution is 2.37. The summed E-state index contributed by atoms with van der Waals surface area (Å²) >= 11 is 5.71. The second-order valence-electron chi connectivity index (χ2n) is 4.53. The second-order valence-corrected chi connectivity index (χ2v) is 4.83. The van der Waals surface area contributed by atoms with Crippen LogP contribution in [0.4, 0.5) is 15.8 Å². The number of hydrogen-bond donors (Lipinski definition) is 0. The number of hydrogen-bond acceptors (Lipinski definition) is 3. The molecule has 0 radical (unpaired) electrons. The minimum atomic E-state index is -0.608. The van der Waals surface area contributed by atoms with Crippen molar-refractivity contribution in [3.05, 3.63) is 33.6 Å². The molecular weight excluding hydrogens is 275 g/mol. The van der Waals surface area contributed by atoms with Gasteiger partial charge in [-0.2, -0.15) is 0 Å². The van der Waals surface area contributed by atoms with Crippen LogP contribution in [-0.2, 0) is 4.79 Å². The number of carbonyl (C=O) groups excluding carboxylic acids is 1. The molecule has 0 aromatic heterocycles. The highest BCUT2D eigenvalue weighted by Gasteiger charge is 2.35. The van der Waals surface area contributed by atoms with E-state index in [9.17, 15) is 19.3 Å². The number of alkyl halides is 1. The molecule has 2 rings (SSSR count). The zero-order valence-electron chi connectivity index (χ0n) is 10.2. The topological polar surface area (TPSA) is 63.5 Å². The number of nitro groups is 1. The standard InChI is InChI=1S/C12H12ClFN2O3/c1-7-9(14)2-3-10(16(18)19)12(7)15-6-8(5-13)4-11(15)17/h2-3,8H,4-6H2,1H3. The lowest BCUT2D eigenvalue weighted by Gasteiger charge is -2.19. The average molecular weight is 287 g/mol. The molecule has 1 heterocycles. The first kappa shape index (κ1) is 13.7. The molecule has 0 saturated carbocycles. The molecule has 0 bridgehead atoms. The molecule has 1 aliphatic rings. The Labute approximate surface area is 114 Å². The van der Waals surface area contributed by atoms with Crippen LogP contribution in [0.5, 0.6) is 0 Å². The molecule has 0 spiro atoms. The smallest absolute Gasteiger partial charge is 0.293 e. The van der Waals surface area contributed by atoms with E-state index in [4.69, 9.17) is 11.6 Å². The number of benzene rings is 1. The SMILES string of the molecule is Cc1c(F)ccc([N+](=O)[O-])c1N1CC(CCl)CC1=O. The van der Waals surface area contributed by atoms with E-state index in [0.29, 0.717) is 5.88 Å².